The molecule has 3 rings (SSSR count). The second kappa shape index (κ2) is 5.25. The Hall–Kier alpha value is -1.88. The van der Waals surface area contributed by atoms with E-state index in [1.54, 1.807) is 30.2 Å². The zero-order chi connectivity index (χ0) is 14.1. The van der Waals surface area contributed by atoms with E-state index in [2.05, 4.69) is 0 Å². The van der Waals surface area contributed by atoms with Gasteiger partial charge in [0.2, 0.25) is 0 Å². The van der Waals surface area contributed by atoms with Crippen LogP contribution in [-0.2, 0) is 9.53 Å². The molecule has 2 aliphatic heterocycles. The summed E-state index contributed by atoms with van der Waals surface area (Å²) in [5, 5.41) is 0. The van der Waals surface area contributed by atoms with E-state index in [4.69, 9.17) is 9.47 Å². The number of fused-ring (bicyclic) bond motifs is 1. The molecule has 0 radical (unpaired) electrons. The lowest BCUT2D eigenvalue weighted by atomic mass is 9.99. The molecule has 1 saturated heterocycles. The summed E-state index contributed by atoms with van der Waals surface area (Å²) in [7, 11) is 1.54. The van der Waals surface area contributed by atoms with Crippen molar-refractivity contribution in [2.75, 3.05) is 31.8 Å². The van der Waals surface area contributed by atoms with Crippen LogP contribution in [-0.4, -0.2) is 38.6 Å². The predicted octanol–water partition coefficient (Wildman–Crippen LogP) is 1.65. The van der Waals surface area contributed by atoms with Crippen molar-refractivity contribution in [3.63, 3.8) is 0 Å². The highest BCUT2D eigenvalue weighted by Gasteiger charge is 2.37. The molecule has 0 saturated carbocycles. The molecule has 0 spiro atoms. The zero-order valence-corrected chi connectivity index (χ0v) is 11.4. The van der Waals surface area contributed by atoms with Gasteiger partial charge in [-0.2, -0.15) is 0 Å². The summed E-state index contributed by atoms with van der Waals surface area (Å²) < 4.78 is 10.4. The first-order valence-electron chi connectivity index (χ1n) is 6.82. The van der Waals surface area contributed by atoms with Crippen molar-refractivity contribution in [2.24, 2.45) is 5.92 Å². The third kappa shape index (κ3) is 2.18. The zero-order valence-electron chi connectivity index (χ0n) is 11.4. The number of hydrogen-bond acceptors (Lipinski definition) is 4. The molecule has 0 unspecified atom stereocenters. The Morgan fingerprint density at radius 2 is 2.05 bits per heavy atom. The molecule has 0 N–H and O–H groups in total. The van der Waals surface area contributed by atoms with Crippen molar-refractivity contribution in [2.45, 2.75) is 12.8 Å². The number of Topliss-reactive ketones (excluding diaryl/α,β-unsaturated/α-hetero) is 1. The summed E-state index contributed by atoms with van der Waals surface area (Å²) in [6.07, 6.45) is 1.87. The highest BCUT2D eigenvalue weighted by molar-refractivity contribution is 6.52. The number of amides is 1. The minimum Gasteiger partial charge on any atom is -0.497 e. The molecule has 2 heterocycles. The van der Waals surface area contributed by atoms with Crippen LogP contribution in [0, 0.1) is 5.92 Å². The molecule has 0 aliphatic carbocycles. The molecule has 0 atom stereocenters. The summed E-state index contributed by atoms with van der Waals surface area (Å²) in [5.74, 6) is 0.122. The Balaban J connectivity index is 1.86. The number of carbonyl (C=O) groups is 2. The number of ketones is 1. The molecule has 2 aliphatic rings. The highest BCUT2D eigenvalue weighted by atomic mass is 16.5. The molecule has 20 heavy (non-hydrogen) atoms. The number of rotatable bonds is 3. The second-order valence-electron chi connectivity index (χ2n) is 5.18. The third-order valence-corrected chi connectivity index (χ3v) is 3.96. The summed E-state index contributed by atoms with van der Waals surface area (Å²) >= 11 is 0. The Morgan fingerprint density at radius 3 is 2.75 bits per heavy atom. The number of nitrogens with zero attached hydrogens (tertiary/aromatic N) is 1. The van der Waals surface area contributed by atoms with Crippen molar-refractivity contribution in [1.82, 2.24) is 0 Å². The van der Waals surface area contributed by atoms with E-state index in [0.29, 0.717) is 29.5 Å². The van der Waals surface area contributed by atoms with Gasteiger partial charge in [-0.1, -0.05) is 0 Å². The maximum Gasteiger partial charge on any atom is 0.299 e. The first-order chi connectivity index (χ1) is 9.70. The van der Waals surface area contributed by atoms with Gasteiger partial charge in [-0.05, 0) is 37.0 Å². The van der Waals surface area contributed by atoms with Gasteiger partial charge in [0, 0.05) is 19.8 Å². The monoisotopic (exact) mass is 275 g/mol. The average Bonchev–Trinajstić information content (AvgIpc) is 2.73. The van der Waals surface area contributed by atoms with Gasteiger partial charge in [0.15, 0.2) is 0 Å². The first kappa shape index (κ1) is 13.1. The Labute approximate surface area is 117 Å². The van der Waals surface area contributed by atoms with Crippen molar-refractivity contribution < 1.29 is 19.1 Å². The molecular formula is C15H17NO4. The van der Waals surface area contributed by atoms with Crippen LogP contribution in [0.25, 0.3) is 0 Å². The number of ether oxygens (including phenoxy) is 2. The normalized spacial score (nSPS) is 19.4. The average molecular weight is 275 g/mol. The Kier molecular flexibility index (Phi) is 3.44. The summed E-state index contributed by atoms with van der Waals surface area (Å²) in [4.78, 5) is 25.8. The minimum absolute atomic E-state index is 0.397. The quantitative estimate of drug-likeness (QED) is 0.787. The van der Waals surface area contributed by atoms with Crippen LogP contribution in [0.3, 0.4) is 0 Å². The van der Waals surface area contributed by atoms with Crippen LogP contribution in [0.15, 0.2) is 18.2 Å². The van der Waals surface area contributed by atoms with Crippen LogP contribution >= 0.6 is 0 Å². The van der Waals surface area contributed by atoms with E-state index in [1.807, 2.05) is 0 Å². The lowest BCUT2D eigenvalue weighted by Crippen LogP contribution is -2.36. The minimum atomic E-state index is -0.439. The van der Waals surface area contributed by atoms with E-state index in [-0.39, 0.29) is 0 Å². The number of anilines is 1. The predicted molar refractivity (Wildman–Crippen MR) is 73.2 cm³/mol. The van der Waals surface area contributed by atoms with Gasteiger partial charge >= 0.3 is 0 Å². The summed E-state index contributed by atoms with van der Waals surface area (Å²) in [5.41, 5.74) is 1.15. The summed E-state index contributed by atoms with van der Waals surface area (Å²) in [6, 6.07) is 5.21. The fourth-order valence-corrected chi connectivity index (χ4v) is 2.77. The van der Waals surface area contributed by atoms with E-state index >= 15 is 0 Å². The molecule has 0 bridgehead atoms. The van der Waals surface area contributed by atoms with Crippen LogP contribution in [0.2, 0.25) is 0 Å². The SMILES string of the molecule is COc1ccc2c(c1)C(=O)C(=O)N2CC1CCOCC1. The molecule has 0 aromatic heterocycles. The Morgan fingerprint density at radius 1 is 1.30 bits per heavy atom. The smallest absolute Gasteiger partial charge is 0.299 e. The fraction of sp³-hybridized carbons (Fsp3) is 0.467. The second-order valence-corrected chi connectivity index (χ2v) is 5.18. The van der Waals surface area contributed by atoms with Gasteiger partial charge in [0.1, 0.15) is 5.75 Å². The molecule has 1 fully saturated rings. The number of carbonyl (C=O) groups excluding carboxylic acids is 2. The Bertz CT molecular complexity index is 549. The molecule has 1 amide bonds. The molecule has 1 aromatic carbocycles. The van der Waals surface area contributed by atoms with Gasteiger partial charge in [-0.15, -0.1) is 0 Å². The lowest BCUT2D eigenvalue weighted by molar-refractivity contribution is -0.114. The third-order valence-electron chi connectivity index (χ3n) is 3.96. The van der Waals surface area contributed by atoms with Crippen molar-refractivity contribution in [3.8, 4) is 5.75 Å². The van der Waals surface area contributed by atoms with Crippen molar-refractivity contribution >= 4 is 17.4 Å². The maximum absolute atomic E-state index is 12.1. The largest absolute Gasteiger partial charge is 0.497 e. The van der Waals surface area contributed by atoms with Gasteiger partial charge in [-0.25, -0.2) is 0 Å². The summed E-state index contributed by atoms with van der Waals surface area (Å²) in [6.45, 7) is 2.06. The van der Waals surface area contributed by atoms with Gasteiger partial charge in [0.25, 0.3) is 11.7 Å². The molecule has 1 aromatic rings. The van der Waals surface area contributed by atoms with E-state index in [1.165, 1.54) is 0 Å². The van der Waals surface area contributed by atoms with Crippen molar-refractivity contribution in [1.29, 1.82) is 0 Å². The van der Waals surface area contributed by atoms with Gasteiger partial charge < -0.3 is 14.4 Å². The van der Waals surface area contributed by atoms with E-state index < -0.39 is 11.7 Å². The van der Waals surface area contributed by atoms with E-state index in [9.17, 15) is 9.59 Å². The molecule has 106 valence electrons. The molecular weight excluding hydrogens is 258 g/mol. The lowest BCUT2D eigenvalue weighted by Gasteiger charge is -2.27. The van der Waals surface area contributed by atoms with E-state index in [0.717, 1.165) is 26.1 Å². The number of benzene rings is 1. The fourth-order valence-electron chi connectivity index (χ4n) is 2.77. The number of methoxy groups -OCH3 is 1. The van der Waals surface area contributed by atoms with Crippen LogP contribution in [0.1, 0.15) is 23.2 Å². The van der Waals surface area contributed by atoms with Crippen molar-refractivity contribution in [3.05, 3.63) is 23.8 Å². The highest BCUT2D eigenvalue weighted by Crippen LogP contribution is 2.33. The van der Waals surface area contributed by atoms with Crippen LogP contribution in [0.4, 0.5) is 5.69 Å². The standard InChI is InChI=1S/C15H17NO4/c1-19-11-2-3-13-12(8-11)14(17)15(18)16(13)9-10-4-6-20-7-5-10/h2-3,8,10H,4-7,9H2,1H3. The maximum atomic E-state index is 12.1. The number of hydrogen-bond donors (Lipinski definition) is 0. The van der Waals surface area contributed by atoms with Gasteiger partial charge in [-0.3, -0.25) is 9.59 Å². The van der Waals surface area contributed by atoms with Gasteiger partial charge in [0.05, 0.1) is 18.4 Å². The topological polar surface area (TPSA) is 55.8 Å². The van der Waals surface area contributed by atoms with Crippen LogP contribution < -0.4 is 9.64 Å². The first-order valence-corrected chi connectivity index (χ1v) is 6.82. The molecule has 5 nitrogen and oxygen atoms in total. The molecule has 5 heteroatoms. The van der Waals surface area contributed by atoms with Crippen LogP contribution in [0.5, 0.6) is 5.75 Å².